The third-order valence-corrected chi connectivity index (χ3v) is 7.47. The largest absolute Gasteiger partial charge is 0.434 e. The molecule has 10 heteroatoms. The molecule has 0 saturated heterocycles. The number of rotatable bonds is 7. The molecule has 204 valence electrons. The number of aromatic nitrogens is 2. The third kappa shape index (κ3) is 5.97. The van der Waals surface area contributed by atoms with Crippen molar-refractivity contribution in [2.24, 2.45) is 0 Å². The van der Waals surface area contributed by atoms with Crippen LogP contribution in [0, 0.1) is 0 Å². The summed E-state index contributed by atoms with van der Waals surface area (Å²) in [5.74, 6) is -0.816. The first-order valence-electron chi connectivity index (χ1n) is 12.2. The van der Waals surface area contributed by atoms with Gasteiger partial charge in [-0.15, -0.1) is 0 Å². The second kappa shape index (κ2) is 11.5. The van der Waals surface area contributed by atoms with E-state index in [1.54, 1.807) is 18.2 Å². The highest BCUT2D eigenvalue weighted by molar-refractivity contribution is 6.36. The van der Waals surface area contributed by atoms with E-state index >= 15 is 0 Å². The lowest BCUT2D eigenvalue weighted by molar-refractivity contribution is -0.143. The first kappa shape index (κ1) is 28.0. The lowest BCUT2D eigenvalue weighted by atomic mass is 10.1. The lowest BCUT2D eigenvalue weighted by Crippen LogP contribution is -2.34. The Morgan fingerprint density at radius 1 is 0.850 bits per heavy atom. The molecule has 0 spiro atoms. The molecule has 0 unspecified atom stereocenters. The monoisotopic (exact) mass is 601 g/mol. The van der Waals surface area contributed by atoms with E-state index in [-0.39, 0.29) is 25.2 Å². The van der Waals surface area contributed by atoms with Crippen LogP contribution in [0.15, 0.2) is 91.1 Å². The summed E-state index contributed by atoms with van der Waals surface area (Å²) < 4.78 is 43.9. The Kier molecular flexibility index (Phi) is 8.08. The Labute approximate surface area is 243 Å². The van der Waals surface area contributed by atoms with Crippen LogP contribution in [-0.4, -0.2) is 27.1 Å². The maximum atomic E-state index is 14.4. The minimum absolute atomic E-state index is 0.0646. The third-order valence-electron chi connectivity index (χ3n) is 6.51. The minimum atomic E-state index is -4.86. The second-order valence-electron chi connectivity index (χ2n) is 9.15. The Morgan fingerprint density at radius 2 is 1.52 bits per heavy atom. The molecule has 40 heavy (non-hydrogen) atoms. The second-order valence-corrected chi connectivity index (χ2v) is 10.4. The summed E-state index contributed by atoms with van der Waals surface area (Å²) in [6.07, 6.45) is -3.66. The van der Waals surface area contributed by atoms with E-state index < -0.39 is 23.3 Å². The van der Waals surface area contributed by atoms with Crippen LogP contribution in [0.5, 0.6) is 0 Å². The summed E-state index contributed by atoms with van der Waals surface area (Å²) in [6.45, 7) is 0.133. The van der Waals surface area contributed by atoms with Crippen molar-refractivity contribution in [3.63, 3.8) is 0 Å². The van der Waals surface area contributed by atoms with Crippen LogP contribution in [0.2, 0.25) is 15.1 Å². The van der Waals surface area contributed by atoms with E-state index in [0.29, 0.717) is 25.3 Å². The van der Waals surface area contributed by atoms with Crippen molar-refractivity contribution >= 4 is 51.5 Å². The molecule has 5 aromatic rings. The van der Waals surface area contributed by atoms with Gasteiger partial charge in [0, 0.05) is 28.2 Å². The Bertz CT molecular complexity index is 1660. The van der Waals surface area contributed by atoms with Crippen LogP contribution < -0.4 is 0 Å². The molecule has 1 heterocycles. The van der Waals surface area contributed by atoms with Gasteiger partial charge in [0.05, 0.1) is 17.4 Å². The predicted octanol–water partition coefficient (Wildman–Crippen LogP) is 8.89. The standard InChI is InChI=1S/C30H21Cl3F3N3O/c31-22-10-12-23(13-11-22)39-28(30(34,35)36)25(17-37-39)29(40)38(15-14-24-26(32)6-3-7-27(24)33)18-19-8-9-20-4-1-2-5-21(20)16-19/h1-13,16-17H,14-15,18H2. The highest BCUT2D eigenvalue weighted by atomic mass is 35.5. The van der Waals surface area contributed by atoms with Crippen molar-refractivity contribution in [3.05, 3.63) is 129 Å². The molecule has 5 rings (SSSR count). The highest BCUT2D eigenvalue weighted by Gasteiger charge is 2.41. The average molecular weight is 603 g/mol. The van der Waals surface area contributed by atoms with Crippen LogP contribution in [0.1, 0.15) is 27.2 Å². The molecule has 4 aromatic carbocycles. The minimum Gasteiger partial charge on any atom is -0.334 e. The van der Waals surface area contributed by atoms with Gasteiger partial charge in [-0.1, -0.05) is 77.3 Å². The van der Waals surface area contributed by atoms with Gasteiger partial charge in [0.2, 0.25) is 0 Å². The zero-order chi connectivity index (χ0) is 28.4. The van der Waals surface area contributed by atoms with Crippen LogP contribution in [0.4, 0.5) is 13.2 Å². The summed E-state index contributed by atoms with van der Waals surface area (Å²) in [5, 5.41) is 7.10. The van der Waals surface area contributed by atoms with Crippen molar-refractivity contribution in [3.8, 4) is 5.69 Å². The summed E-state index contributed by atoms with van der Waals surface area (Å²) in [5.41, 5.74) is -0.238. The molecular formula is C30H21Cl3F3N3O. The topological polar surface area (TPSA) is 38.1 Å². The molecule has 4 nitrogen and oxygen atoms in total. The normalized spacial score (nSPS) is 11.7. The highest BCUT2D eigenvalue weighted by Crippen LogP contribution is 2.35. The number of alkyl halides is 3. The fourth-order valence-electron chi connectivity index (χ4n) is 4.55. The first-order chi connectivity index (χ1) is 19.1. The van der Waals surface area contributed by atoms with Gasteiger partial charge in [-0.25, -0.2) is 4.68 Å². The lowest BCUT2D eigenvalue weighted by Gasteiger charge is -2.24. The molecule has 1 amide bonds. The number of halogens is 6. The summed E-state index contributed by atoms with van der Waals surface area (Å²) >= 11 is 18.6. The molecule has 0 N–H and O–H groups in total. The maximum Gasteiger partial charge on any atom is 0.434 e. The van der Waals surface area contributed by atoms with Crippen molar-refractivity contribution in [1.82, 2.24) is 14.7 Å². The Hall–Kier alpha value is -3.52. The van der Waals surface area contributed by atoms with E-state index in [4.69, 9.17) is 34.8 Å². The van der Waals surface area contributed by atoms with E-state index in [2.05, 4.69) is 5.10 Å². The van der Waals surface area contributed by atoms with Crippen LogP contribution in [-0.2, 0) is 19.1 Å². The SMILES string of the molecule is O=C(c1cnn(-c2ccc(Cl)cc2)c1C(F)(F)F)N(CCc1c(Cl)cccc1Cl)Cc1ccc2ccccc2c1. The molecule has 0 aliphatic carbocycles. The Morgan fingerprint density at radius 3 is 2.20 bits per heavy atom. The van der Waals surface area contributed by atoms with E-state index in [0.717, 1.165) is 22.5 Å². The van der Waals surface area contributed by atoms with Gasteiger partial charge in [0.1, 0.15) is 0 Å². The molecule has 0 fully saturated rings. The van der Waals surface area contributed by atoms with Gasteiger partial charge < -0.3 is 4.90 Å². The van der Waals surface area contributed by atoms with Crippen molar-refractivity contribution in [2.75, 3.05) is 6.54 Å². The molecule has 0 bridgehead atoms. The van der Waals surface area contributed by atoms with E-state index in [1.165, 1.54) is 29.2 Å². The van der Waals surface area contributed by atoms with Crippen molar-refractivity contribution in [1.29, 1.82) is 0 Å². The van der Waals surface area contributed by atoms with Crippen LogP contribution in [0.25, 0.3) is 16.5 Å². The van der Waals surface area contributed by atoms with Gasteiger partial charge >= 0.3 is 6.18 Å². The van der Waals surface area contributed by atoms with Crippen LogP contribution >= 0.6 is 34.8 Å². The molecule has 0 aliphatic rings. The van der Waals surface area contributed by atoms with Gasteiger partial charge in [-0.05, 0) is 70.8 Å². The van der Waals surface area contributed by atoms with E-state index in [9.17, 15) is 18.0 Å². The summed E-state index contributed by atoms with van der Waals surface area (Å²) in [7, 11) is 0. The van der Waals surface area contributed by atoms with Gasteiger partial charge in [0.25, 0.3) is 5.91 Å². The van der Waals surface area contributed by atoms with Crippen molar-refractivity contribution in [2.45, 2.75) is 19.1 Å². The molecule has 1 aromatic heterocycles. The quantitative estimate of drug-likeness (QED) is 0.187. The predicted molar refractivity (Wildman–Crippen MR) is 152 cm³/mol. The Balaban J connectivity index is 1.54. The number of hydrogen-bond acceptors (Lipinski definition) is 2. The molecular weight excluding hydrogens is 582 g/mol. The number of carbonyl (C=O) groups is 1. The fraction of sp³-hybridized carbons (Fsp3) is 0.133. The number of hydrogen-bond donors (Lipinski definition) is 0. The number of amides is 1. The number of carbonyl (C=O) groups excluding carboxylic acids is 1. The van der Waals surface area contributed by atoms with E-state index in [1.807, 2.05) is 42.5 Å². The maximum absolute atomic E-state index is 14.4. The smallest absolute Gasteiger partial charge is 0.334 e. The number of fused-ring (bicyclic) bond motifs is 1. The van der Waals surface area contributed by atoms with Crippen molar-refractivity contribution < 1.29 is 18.0 Å². The molecule has 0 atom stereocenters. The zero-order valence-electron chi connectivity index (χ0n) is 20.8. The number of nitrogens with zero attached hydrogens (tertiary/aromatic N) is 3. The van der Waals surface area contributed by atoms with Crippen LogP contribution in [0.3, 0.4) is 0 Å². The first-order valence-corrected chi connectivity index (χ1v) is 13.4. The molecule has 0 aliphatic heterocycles. The van der Waals surface area contributed by atoms with Gasteiger partial charge in [-0.3, -0.25) is 4.79 Å². The average Bonchev–Trinajstić information content (AvgIpc) is 3.38. The summed E-state index contributed by atoms with van der Waals surface area (Å²) in [4.78, 5) is 15.2. The molecule has 0 saturated carbocycles. The molecule has 0 radical (unpaired) electrons. The van der Waals surface area contributed by atoms with Gasteiger partial charge in [-0.2, -0.15) is 18.3 Å². The van der Waals surface area contributed by atoms with Gasteiger partial charge in [0.15, 0.2) is 5.69 Å². The zero-order valence-corrected chi connectivity index (χ0v) is 23.1. The summed E-state index contributed by atoms with van der Waals surface area (Å²) in [6, 6.07) is 24.2. The fourth-order valence-corrected chi connectivity index (χ4v) is 5.27. The number of benzene rings is 4.